The van der Waals surface area contributed by atoms with Crippen LogP contribution >= 0.6 is 0 Å². The standard InChI is InChI=1S/C13H22N2O.C13H20N2O.C11H18N2O2.C11H20N2O.C10H18N2O/c2*1-10-9-12(13(3,4)5)15(14-10)8-6-7-11(2)16;1-8-7-9(11(2,3)4)13(12-8)6-5-10(14)15;1-9-8-10(11(2,3)4)13(12-9)6-5-7-14;1-8-7-9(10(2,3)4)12(11-8)5-6-13/h9,16H,2,6-8H2,1,3-5H3;6-7,9,16H,2,8H2,1,3-5H3;7H,5-6H2,1-4H3,(H,14,15);8,14H,5-7H2,1-4H3;7,13H,5-6H2,1-4H3/b;7-6+;;;. The van der Waals surface area contributed by atoms with Crippen molar-refractivity contribution in [1.82, 2.24) is 48.9 Å². The van der Waals surface area contributed by atoms with Crippen molar-refractivity contribution in [3.63, 3.8) is 0 Å². The quantitative estimate of drug-likeness (QED) is 0.0492. The Morgan fingerprint density at radius 3 is 1.04 bits per heavy atom. The molecule has 0 aromatic carbocycles. The van der Waals surface area contributed by atoms with Gasteiger partial charge >= 0.3 is 5.97 Å². The fourth-order valence-electron chi connectivity index (χ4n) is 7.81. The van der Waals surface area contributed by atoms with Crippen molar-refractivity contribution in [2.24, 2.45) is 0 Å². The zero-order valence-corrected chi connectivity index (χ0v) is 49.4. The van der Waals surface area contributed by atoms with Crippen molar-refractivity contribution in [1.29, 1.82) is 0 Å². The number of allylic oxidation sites excluding steroid dienone is 3. The maximum absolute atomic E-state index is 10.5. The molecule has 74 heavy (non-hydrogen) atoms. The van der Waals surface area contributed by atoms with Crippen LogP contribution in [0.4, 0.5) is 0 Å². The lowest BCUT2D eigenvalue weighted by Crippen LogP contribution is -2.19. The molecule has 0 atom stereocenters. The van der Waals surface area contributed by atoms with E-state index in [1.54, 1.807) is 10.8 Å². The third-order valence-corrected chi connectivity index (χ3v) is 11.2. The number of hydrogen-bond acceptors (Lipinski definition) is 10. The molecule has 5 aromatic heterocycles. The van der Waals surface area contributed by atoms with Crippen molar-refractivity contribution in [3.05, 3.63) is 124 Å². The van der Waals surface area contributed by atoms with Crippen LogP contribution in [0.25, 0.3) is 0 Å². The van der Waals surface area contributed by atoms with E-state index in [2.05, 4.69) is 167 Å². The number of carboxylic acids is 1. The number of rotatable bonds is 15. The van der Waals surface area contributed by atoms with Crippen LogP contribution in [0, 0.1) is 34.6 Å². The van der Waals surface area contributed by atoms with Gasteiger partial charge in [0.05, 0.1) is 66.9 Å². The third-order valence-electron chi connectivity index (χ3n) is 11.2. The number of carboxylic acid groups (broad SMARTS) is 1. The maximum Gasteiger partial charge on any atom is 0.305 e. The van der Waals surface area contributed by atoms with Crippen LogP contribution in [0.1, 0.15) is 186 Å². The maximum atomic E-state index is 10.5. The lowest BCUT2D eigenvalue weighted by Gasteiger charge is -2.20. The number of aliphatic carboxylic acids is 1. The van der Waals surface area contributed by atoms with Crippen LogP contribution in [0.3, 0.4) is 0 Å². The van der Waals surface area contributed by atoms with Gasteiger partial charge in [0.2, 0.25) is 0 Å². The molecule has 0 bridgehead atoms. The van der Waals surface area contributed by atoms with Gasteiger partial charge in [0.1, 0.15) is 5.76 Å². The van der Waals surface area contributed by atoms with E-state index in [0.717, 1.165) is 60.1 Å². The largest absolute Gasteiger partial charge is 0.513 e. The minimum absolute atomic E-state index is 0.000235. The molecule has 0 amide bonds. The molecule has 5 N–H and O–H groups in total. The highest BCUT2D eigenvalue weighted by Crippen LogP contribution is 2.27. The first-order valence-corrected chi connectivity index (χ1v) is 25.9. The smallest absolute Gasteiger partial charge is 0.305 e. The molecule has 0 aliphatic rings. The number of aliphatic hydroxyl groups is 4. The fourth-order valence-corrected chi connectivity index (χ4v) is 7.81. The van der Waals surface area contributed by atoms with E-state index in [1.807, 2.05) is 65.5 Å². The highest BCUT2D eigenvalue weighted by atomic mass is 16.4. The van der Waals surface area contributed by atoms with Crippen LogP contribution in [0.5, 0.6) is 0 Å². The first-order valence-electron chi connectivity index (χ1n) is 25.9. The van der Waals surface area contributed by atoms with Gasteiger partial charge in [-0.15, -0.1) is 0 Å². The second-order valence-electron chi connectivity index (χ2n) is 24.2. The summed E-state index contributed by atoms with van der Waals surface area (Å²) < 4.78 is 9.68. The minimum Gasteiger partial charge on any atom is -0.513 e. The number of nitrogens with zero attached hydrogens (tertiary/aromatic N) is 10. The predicted octanol–water partition coefficient (Wildman–Crippen LogP) is 11.8. The fraction of sp³-hybridized carbons (Fsp3) is 0.621. The summed E-state index contributed by atoms with van der Waals surface area (Å²) in [5.41, 5.74) is 11.4. The summed E-state index contributed by atoms with van der Waals surface area (Å²) >= 11 is 0. The van der Waals surface area contributed by atoms with Gasteiger partial charge in [0.25, 0.3) is 0 Å². The Labute approximate surface area is 444 Å². The molecule has 0 radical (unpaired) electrons. The van der Waals surface area contributed by atoms with Crippen LogP contribution < -0.4 is 0 Å². The second-order valence-corrected chi connectivity index (χ2v) is 24.2. The molecule has 5 rings (SSSR count). The third kappa shape index (κ3) is 24.1. The molecule has 416 valence electrons. The number of hydrogen-bond donors (Lipinski definition) is 5. The number of carbonyl (C=O) groups is 1. The molecule has 0 unspecified atom stereocenters. The molecule has 0 aliphatic heterocycles. The van der Waals surface area contributed by atoms with E-state index in [9.17, 15) is 4.79 Å². The van der Waals surface area contributed by atoms with Gasteiger partial charge in [-0.05, 0) is 83.9 Å². The Kier molecular flexibility index (Phi) is 25.8. The SMILES string of the molecule is C=C(O)/C=C/Cn1nc(C)cc1C(C)(C)C.C=C(O)CCCn1nc(C)cc1C(C)(C)C.Cc1cc(C(C)(C)C)n(CCC(=O)O)n1.Cc1cc(C(C)(C)C)n(CCCO)n1.Cc1cc(C(C)(C)C)n(CCO)n1. The number of aromatic nitrogens is 10. The van der Waals surface area contributed by atoms with Crippen molar-refractivity contribution >= 4 is 5.97 Å². The summed E-state index contributed by atoms with van der Waals surface area (Å²) in [7, 11) is 0. The highest BCUT2D eigenvalue weighted by Gasteiger charge is 2.23. The van der Waals surface area contributed by atoms with E-state index in [1.165, 1.54) is 22.8 Å². The topological polar surface area (TPSA) is 207 Å². The van der Waals surface area contributed by atoms with Gasteiger partial charge in [-0.25, -0.2) is 0 Å². The molecular formula is C58H98N10O6. The summed E-state index contributed by atoms with van der Waals surface area (Å²) in [5.74, 6) is -0.467. The van der Waals surface area contributed by atoms with Gasteiger partial charge in [-0.3, -0.25) is 28.2 Å². The second kappa shape index (κ2) is 28.8. The average Bonchev–Trinajstić information content (AvgIpc) is 4.07. The Morgan fingerprint density at radius 1 is 0.459 bits per heavy atom. The van der Waals surface area contributed by atoms with Crippen LogP contribution in [0.15, 0.2) is 67.2 Å². The molecule has 0 spiro atoms. The molecule has 16 nitrogen and oxygen atoms in total. The zero-order valence-electron chi connectivity index (χ0n) is 49.4. The van der Waals surface area contributed by atoms with Crippen LogP contribution in [0.2, 0.25) is 0 Å². The van der Waals surface area contributed by atoms with E-state index in [-0.39, 0.29) is 58.2 Å². The summed E-state index contributed by atoms with van der Waals surface area (Å²) in [6.07, 6.45) is 5.84. The average molecular weight is 1030 g/mol. The summed E-state index contributed by atoms with van der Waals surface area (Å²) in [5, 5.41) is 66.2. The molecule has 0 saturated carbocycles. The summed E-state index contributed by atoms with van der Waals surface area (Å²) in [4.78, 5) is 10.5. The molecule has 0 aliphatic carbocycles. The Bertz CT molecular complexity index is 2530. The van der Waals surface area contributed by atoms with Crippen molar-refractivity contribution in [2.75, 3.05) is 13.2 Å². The molecule has 0 saturated heterocycles. The lowest BCUT2D eigenvalue weighted by atomic mass is 9.92. The van der Waals surface area contributed by atoms with Gasteiger partial charge < -0.3 is 25.5 Å². The summed E-state index contributed by atoms with van der Waals surface area (Å²) in [6.45, 7) is 52.8. The van der Waals surface area contributed by atoms with Gasteiger partial charge in [0, 0.05) is 81.7 Å². The normalized spacial score (nSPS) is 12.0. The predicted molar refractivity (Wildman–Crippen MR) is 301 cm³/mol. The first kappa shape index (κ1) is 66.3. The Balaban J connectivity index is 0.000000463. The van der Waals surface area contributed by atoms with E-state index < -0.39 is 5.97 Å². The zero-order chi connectivity index (χ0) is 57.2. The molecule has 5 heterocycles. The van der Waals surface area contributed by atoms with Crippen molar-refractivity contribution in [2.45, 2.75) is 224 Å². The van der Waals surface area contributed by atoms with Crippen molar-refractivity contribution in [3.8, 4) is 0 Å². The van der Waals surface area contributed by atoms with Gasteiger partial charge in [-0.2, -0.15) is 25.5 Å². The molecule has 0 fully saturated rings. The summed E-state index contributed by atoms with van der Waals surface area (Å²) in [6, 6.07) is 10.4. The van der Waals surface area contributed by atoms with E-state index >= 15 is 0 Å². The van der Waals surface area contributed by atoms with E-state index in [4.69, 9.17) is 25.5 Å². The lowest BCUT2D eigenvalue weighted by molar-refractivity contribution is -0.137. The minimum atomic E-state index is -0.789. The Morgan fingerprint density at radius 2 is 0.757 bits per heavy atom. The van der Waals surface area contributed by atoms with Crippen LogP contribution in [-0.2, 0) is 64.6 Å². The monoisotopic (exact) mass is 1030 g/mol. The molecular weight excluding hydrogens is 933 g/mol. The molecule has 16 heteroatoms. The molecule has 5 aromatic rings. The van der Waals surface area contributed by atoms with E-state index in [0.29, 0.717) is 26.1 Å². The van der Waals surface area contributed by atoms with Gasteiger partial charge in [-0.1, -0.05) is 123 Å². The number of aliphatic hydroxyl groups excluding tert-OH is 4. The Hall–Kier alpha value is -5.74. The van der Waals surface area contributed by atoms with Crippen molar-refractivity contribution < 1.29 is 30.3 Å². The highest BCUT2D eigenvalue weighted by molar-refractivity contribution is 5.66. The first-order chi connectivity index (χ1) is 33.8. The number of aryl methyl sites for hydroxylation is 8. The van der Waals surface area contributed by atoms with Crippen LogP contribution in [-0.4, -0.2) is 93.6 Å². The van der Waals surface area contributed by atoms with Gasteiger partial charge in [0.15, 0.2) is 0 Å².